The quantitative estimate of drug-likeness (QED) is 0.838. The summed E-state index contributed by atoms with van der Waals surface area (Å²) >= 11 is 2.91. The van der Waals surface area contributed by atoms with Crippen molar-refractivity contribution in [3.05, 3.63) is 29.6 Å². The van der Waals surface area contributed by atoms with Crippen molar-refractivity contribution in [1.82, 2.24) is 4.98 Å². The van der Waals surface area contributed by atoms with Crippen LogP contribution in [-0.4, -0.2) is 26.6 Å². The van der Waals surface area contributed by atoms with E-state index in [1.54, 1.807) is 0 Å². The number of aromatic nitrogens is 1. The number of pyridine rings is 1. The van der Waals surface area contributed by atoms with Crippen molar-refractivity contribution in [2.24, 2.45) is 0 Å². The van der Waals surface area contributed by atoms with E-state index in [9.17, 15) is 23.4 Å². The maximum absolute atomic E-state index is 12.3. The van der Waals surface area contributed by atoms with Gasteiger partial charge in [0, 0.05) is 5.33 Å². The smallest absolute Gasteiger partial charge is 0.389 e. The maximum atomic E-state index is 12.3. The number of halogens is 4. The minimum absolute atomic E-state index is 0.0477. The van der Waals surface area contributed by atoms with Gasteiger partial charge in [-0.1, -0.05) is 22.0 Å². The third-order valence-electron chi connectivity index (χ3n) is 1.89. The Morgan fingerprint density at radius 2 is 1.94 bits per heavy atom. The zero-order chi connectivity index (χ0) is 12.3. The molecule has 0 aliphatic rings. The fourth-order valence-corrected chi connectivity index (χ4v) is 1.41. The molecule has 0 saturated carbocycles. The first-order valence-corrected chi connectivity index (χ1v) is 5.44. The van der Waals surface area contributed by atoms with E-state index in [2.05, 4.69) is 20.9 Å². The molecular formula is C9H9BrF3NO2. The third kappa shape index (κ3) is 3.16. The number of rotatable bonds is 3. The third-order valence-corrected chi connectivity index (χ3v) is 2.55. The number of nitrogens with zero attached hydrogens (tertiary/aromatic N) is 1. The fourth-order valence-electron chi connectivity index (χ4n) is 1.06. The highest BCUT2D eigenvalue weighted by molar-refractivity contribution is 9.09. The number of hydrogen-bond donors (Lipinski definition) is 2. The Hall–Kier alpha value is -0.660. The maximum Gasteiger partial charge on any atom is 0.433 e. The van der Waals surface area contributed by atoms with Crippen molar-refractivity contribution in [3.8, 4) is 0 Å². The Labute approximate surface area is 98.1 Å². The highest BCUT2D eigenvalue weighted by Gasteiger charge is 2.33. The summed E-state index contributed by atoms with van der Waals surface area (Å²) in [4.78, 5) is 3.26. The molecule has 0 amide bonds. The minimum atomic E-state index is -4.56. The van der Waals surface area contributed by atoms with Crippen molar-refractivity contribution in [2.75, 3.05) is 5.33 Å². The molecule has 1 aromatic heterocycles. The van der Waals surface area contributed by atoms with Gasteiger partial charge in [-0.25, -0.2) is 4.98 Å². The van der Waals surface area contributed by atoms with Gasteiger partial charge in [-0.15, -0.1) is 0 Å². The van der Waals surface area contributed by atoms with E-state index in [1.807, 2.05) is 0 Å². The fraction of sp³-hybridized carbons (Fsp3) is 0.444. The SMILES string of the molecule is OC(CBr)C(O)c1cccc(C(F)(F)F)n1. The molecule has 2 unspecified atom stereocenters. The van der Waals surface area contributed by atoms with E-state index in [-0.39, 0.29) is 11.0 Å². The molecule has 0 aliphatic carbocycles. The first kappa shape index (κ1) is 13.4. The van der Waals surface area contributed by atoms with Gasteiger partial charge < -0.3 is 10.2 Å². The van der Waals surface area contributed by atoms with Crippen LogP contribution in [0.4, 0.5) is 13.2 Å². The summed E-state index contributed by atoms with van der Waals surface area (Å²) in [6.45, 7) is 0. The monoisotopic (exact) mass is 299 g/mol. The van der Waals surface area contributed by atoms with Crippen LogP contribution in [0.3, 0.4) is 0 Å². The summed E-state index contributed by atoms with van der Waals surface area (Å²) < 4.78 is 36.9. The van der Waals surface area contributed by atoms with Crippen molar-refractivity contribution in [1.29, 1.82) is 0 Å². The van der Waals surface area contributed by atoms with Crippen molar-refractivity contribution in [3.63, 3.8) is 0 Å². The lowest BCUT2D eigenvalue weighted by Crippen LogP contribution is -2.21. The topological polar surface area (TPSA) is 53.4 Å². The second-order valence-electron chi connectivity index (χ2n) is 3.11. The highest BCUT2D eigenvalue weighted by Crippen LogP contribution is 2.28. The van der Waals surface area contributed by atoms with Crippen LogP contribution in [0.5, 0.6) is 0 Å². The van der Waals surface area contributed by atoms with Crippen molar-refractivity contribution in [2.45, 2.75) is 18.4 Å². The van der Waals surface area contributed by atoms with Crippen LogP contribution in [-0.2, 0) is 6.18 Å². The Kier molecular flexibility index (Phi) is 4.28. The summed E-state index contributed by atoms with van der Waals surface area (Å²) in [5.74, 6) is 0. The molecule has 0 radical (unpaired) electrons. The molecule has 0 aliphatic heterocycles. The lowest BCUT2D eigenvalue weighted by molar-refractivity contribution is -0.141. The molecule has 1 rings (SSSR count). The molecule has 0 aromatic carbocycles. The molecule has 16 heavy (non-hydrogen) atoms. The van der Waals surface area contributed by atoms with E-state index in [0.717, 1.165) is 12.1 Å². The molecule has 0 spiro atoms. The highest BCUT2D eigenvalue weighted by atomic mass is 79.9. The molecule has 0 saturated heterocycles. The second kappa shape index (κ2) is 5.11. The van der Waals surface area contributed by atoms with Crippen LogP contribution in [0, 0.1) is 0 Å². The Bertz CT molecular complexity index is 359. The number of aliphatic hydroxyl groups is 2. The largest absolute Gasteiger partial charge is 0.433 e. The summed E-state index contributed by atoms with van der Waals surface area (Å²) in [7, 11) is 0. The van der Waals surface area contributed by atoms with Gasteiger partial charge in [0.05, 0.1) is 11.8 Å². The van der Waals surface area contributed by atoms with Crippen LogP contribution in [0.1, 0.15) is 17.5 Å². The van der Waals surface area contributed by atoms with Crippen LogP contribution < -0.4 is 0 Å². The first-order chi connectivity index (χ1) is 7.36. The van der Waals surface area contributed by atoms with Gasteiger partial charge in [0.2, 0.25) is 0 Å². The Morgan fingerprint density at radius 3 is 2.44 bits per heavy atom. The van der Waals surface area contributed by atoms with Gasteiger partial charge >= 0.3 is 6.18 Å². The molecule has 1 aromatic rings. The van der Waals surface area contributed by atoms with E-state index >= 15 is 0 Å². The van der Waals surface area contributed by atoms with Crippen molar-refractivity contribution >= 4 is 15.9 Å². The van der Waals surface area contributed by atoms with Crippen LogP contribution in [0.2, 0.25) is 0 Å². The average molecular weight is 300 g/mol. The summed E-state index contributed by atoms with van der Waals surface area (Å²) in [6.07, 6.45) is -7.20. The minimum Gasteiger partial charge on any atom is -0.389 e. The molecule has 0 bridgehead atoms. The van der Waals surface area contributed by atoms with Gasteiger partial charge in [-0.3, -0.25) is 0 Å². The average Bonchev–Trinajstić information content (AvgIpc) is 2.26. The molecule has 7 heteroatoms. The zero-order valence-corrected chi connectivity index (χ0v) is 9.53. The summed E-state index contributed by atoms with van der Waals surface area (Å²) in [5.41, 5.74) is -1.30. The number of aliphatic hydroxyl groups excluding tert-OH is 2. The summed E-state index contributed by atoms with van der Waals surface area (Å²) in [5, 5.41) is 18.8. The predicted molar refractivity (Wildman–Crippen MR) is 54.0 cm³/mol. The van der Waals surface area contributed by atoms with E-state index in [0.29, 0.717) is 0 Å². The Morgan fingerprint density at radius 1 is 1.31 bits per heavy atom. The molecule has 2 N–H and O–H groups in total. The number of alkyl halides is 4. The Balaban J connectivity index is 2.99. The van der Waals surface area contributed by atoms with Gasteiger partial charge in [0.25, 0.3) is 0 Å². The van der Waals surface area contributed by atoms with E-state index in [1.165, 1.54) is 6.07 Å². The molecule has 90 valence electrons. The van der Waals surface area contributed by atoms with Crippen molar-refractivity contribution < 1.29 is 23.4 Å². The molecule has 3 nitrogen and oxygen atoms in total. The van der Waals surface area contributed by atoms with E-state index in [4.69, 9.17) is 0 Å². The van der Waals surface area contributed by atoms with Gasteiger partial charge in [-0.05, 0) is 12.1 Å². The van der Waals surface area contributed by atoms with Gasteiger partial charge in [0.15, 0.2) is 0 Å². The lowest BCUT2D eigenvalue weighted by Gasteiger charge is -2.16. The van der Waals surface area contributed by atoms with Crippen LogP contribution in [0.15, 0.2) is 18.2 Å². The second-order valence-corrected chi connectivity index (χ2v) is 3.76. The molecule has 0 fully saturated rings. The lowest BCUT2D eigenvalue weighted by atomic mass is 10.1. The standard InChI is InChI=1S/C9H9BrF3NO2/c10-4-6(15)8(16)5-2-1-3-7(14-5)9(11,12)13/h1-3,6,8,15-16H,4H2. The van der Waals surface area contributed by atoms with E-state index < -0.39 is 24.1 Å². The predicted octanol–water partition coefficient (Wildman–Crippen LogP) is 1.89. The van der Waals surface area contributed by atoms with Crippen LogP contribution in [0.25, 0.3) is 0 Å². The zero-order valence-electron chi connectivity index (χ0n) is 7.95. The van der Waals surface area contributed by atoms with Gasteiger partial charge in [0.1, 0.15) is 11.8 Å². The van der Waals surface area contributed by atoms with Gasteiger partial charge in [-0.2, -0.15) is 13.2 Å². The summed E-state index contributed by atoms with van der Waals surface area (Å²) in [6, 6.07) is 3.16. The number of hydrogen-bond acceptors (Lipinski definition) is 3. The normalized spacial score (nSPS) is 15.9. The molecular weight excluding hydrogens is 291 g/mol. The molecule has 1 heterocycles. The first-order valence-electron chi connectivity index (χ1n) is 4.32. The molecule has 2 atom stereocenters. The van der Waals surface area contributed by atoms with Crippen LogP contribution >= 0.6 is 15.9 Å².